The smallest absolute Gasteiger partial charge is 0.240 e. The average molecular weight is 402 g/mol. The van der Waals surface area contributed by atoms with Crippen molar-refractivity contribution in [2.45, 2.75) is 31.3 Å². The number of aryl methyl sites for hydroxylation is 2. The number of amides is 1. The van der Waals surface area contributed by atoms with E-state index in [4.69, 9.17) is 0 Å². The van der Waals surface area contributed by atoms with Crippen molar-refractivity contribution in [3.63, 3.8) is 0 Å². The van der Waals surface area contributed by atoms with E-state index in [-0.39, 0.29) is 23.4 Å². The lowest BCUT2D eigenvalue weighted by Gasteiger charge is -2.25. The van der Waals surface area contributed by atoms with Crippen LogP contribution in [-0.4, -0.2) is 56.8 Å². The first-order chi connectivity index (χ1) is 13.2. The maximum atomic E-state index is 12.8. The van der Waals surface area contributed by atoms with E-state index in [1.807, 2.05) is 50.1 Å². The van der Waals surface area contributed by atoms with Crippen LogP contribution in [0.3, 0.4) is 0 Å². The van der Waals surface area contributed by atoms with Crippen LogP contribution in [0.25, 0.3) is 0 Å². The maximum absolute atomic E-state index is 12.8. The number of hydrogen-bond donors (Lipinski definition) is 1. The molecule has 1 N–H and O–H groups in total. The molecule has 7 heteroatoms. The Bertz CT molecular complexity index is 942. The van der Waals surface area contributed by atoms with Gasteiger partial charge >= 0.3 is 0 Å². The molecule has 0 aromatic heterocycles. The summed E-state index contributed by atoms with van der Waals surface area (Å²) in [6.07, 6.45) is 0. The molecule has 1 amide bonds. The maximum Gasteiger partial charge on any atom is 0.240 e. The predicted octanol–water partition coefficient (Wildman–Crippen LogP) is 1.92. The lowest BCUT2D eigenvalue weighted by molar-refractivity contribution is -0.131. The zero-order valence-corrected chi connectivity index (χ0v) is 17.4. The van der Waals surface area contributed by atoms with Crippen LogP contribution in [0, 0.1) is 13.8 Å². The minimum Gasteiger partial charge on any atom is -0.336 e. The van der Waals surface area contributed by atoms with Crippen molar-refractivity contribution in [3.8, 4) is 0 Å². The van der Waals surface area contributed by atoms with Gasteiger partial charge in [-0.1, -0.05) is 47.5 Å². The molecule has 1 fully saturated rings. The number of rotatable bonds is 5. The van der Waals surface area contributed by atoms with E-state index in [2.05, 4.69) is 4.72 Å². The van der Waals surface area contributed by atoms with Crippen molar-refractivity contribution in [2.75, 3.05) is 26.7 Å². The van der Waals surface area contributed by atoms with Crippen LogP contribution in [0.15, 0.2) is 53.4 Å². The lowest BCUT2D eigenvalue weighted by atomic mass is 10.1. The molecule has 2 aromatic rings. The Morgan fingerprint density at radius 1 is 1.04 bits per heavy atom. The summed E-state index contributed by atoms with van der Waals surface area (Å²) in [5.74, 6) is 0.000963. The van der Waals surface area contributed by atoms with E-state index in [0.717, 1.165) is 16.7 Å². The molecule has 1 atom stereocenters. The zero-order valence-electron chi connectivity index (χ0n) is 16.6. The van der Waals surface area contributed by atoms with Gasteiger partial charge in [-0.05, 0) is 38.6 Å². The highest BCUT2D eigenvalue weighted by atomic mass is 32.2. The Kier molecular flexibility index (Phi) is 6.17. The van der Waals surface area contributed by atoms with Gasteiger partial charge in [0.2, 0.25) is 15.9 Å². The van der Waals surface area contributed by atoms with Gasteiger partial charge in [-0.3, -0.25) is 9.69 Å². The molecule has 0 spiro atoms. The highest BCUT2D eigenvalue weighted by Crippen LogP contribution is 2.15. The van der Waals surface area contributed by atoms with Gasteiger partial charge in [-0.2, -0.15) is 0 Å². The summed E-state index contributed by atoms with van der Waals surface area (Å²) in [6, 6.07) is 14.4. The summed E-state index contributed by atoms with van der Waals surface area (Å²) in [4.78, 5) is 16.5. The normalized spacial score (nSPS) is 18.9. The van der Waals surface area contributed by atoms with Gasteiger partial charge in [0.1, 0.15) is 0 Å². The first-order valence-corrected chi connectivity index (χ1v) is 10.8. The van der Waals surface area contributed by atoms with Crippen molar-refractivity contribution in [2.24, 2.45) is 0 Å². The molecule has 0 saturated carbocycles. The van der Waals surface area contributed by atoms with E-state index < -0.39 is 10.0 Å². The number of carbonyl (C=O) groups excluding carboxylic acids is 1. The third-order valence-electron chi connectivity index (χ3n) is 4.84. The van der Waals surface area contributed by atoms with Crippen LogP contribution in [0.4, 0.5) is 0 Å². The molecule has 28 heavy (non-hydrogen) atoms. The van der Waals surface area contributed by atoms with E-state index in [9.17, 15) is 13.2 Å². The highest BCUT2D eigenvalue weighted by Gasteiger charge is 2.29. The summed E-state index contributed by atoms with van der Waals surface area (Å²) < 4.78 is 28.4. The second-order valence-corrected chi connectivity index (χ2v) is 9.31. The summed E-state index contributed by atoms with van der Waals surface area (Å²) in [5.41, 5.74) is 3.18. The summed E-state index contributed by atoms with van der Waals surface area (Å²) in [7, 11) is -1.82. The molecule has 3 rings (SSSR count). The molecule has 1 heterocycles. The molecule has 0 aliphatic carbocycles. The summed E-state index contributed by atoms with van der Waals surface area (Å²) >= 11 is 0. The van der Waals surface area contributed by atoms with Crippen molar-refractivity contribution < 1.29 is 13.2 Å². The van der Waals surface area contributed by atoms with Crippen LogP contribution < -0.4 is 4.72 Å². The molecule has 0 radical (unpaired) electrons. The number of benzene rings is 2. The lowest BCUT2D eigenvalue weighted by Crippen LogP contribution is -2.46. The van der Waals surface area contributed by atoms with Crippen molar-refractivity contribution >= 4 is 15.9 Å². The van der Waals surface area contributed by atoms with Gasteiger partial charge in [0.25, 0.3) is 0 Å². The quantitative estimate of drug-likeness (QED) is 0.831. The van der Waals surface area contributed by atoms with E-state index in [1.54, 1.807) is 29.2 Å². The number of likely N-dealkylation sites (N-methyl/N-ethyl adjacent to an activating group) is 1. The molecule has 6 nitrogen and oxygen atoms in total. The summed E-state index contributed by atoms with van der Waals surface area (Å²) in [5, 5.41) is 0. The van der Waals surface area contributed by atoms with Crippen molar-refractivity contribution in [3.05, 3.63) is 65.2 Å². The van der Waals surface area contributed by atoms with Gasteiger partial charge in [-0.25, -0.2) is 13.1 Å². The fraction of sp³-hybridized carbons (Fsp3) is 0.381. The molecule has 0 bridgehead atoms. The fourth-order valence-electron chi connectivity index (χ4n) is 3.46. The van der Waals surface area contributed by atoms with Crippen LogP contribution in [0.5, 0.6) is 0 Å². The van der Waals surface area contributed by atoms with Crippen LogP contribution in [0.1, 0.15) is 16.7 Å². The van der Waals surface area contributed by atoms with Gasteiger partial charge < -0.3 is 4.90 Å². The highest BCUT2D eigenvalue weighted by molar-refractivity contribution is 7.89. The largest absolute Gasteiger partial charge is 0.336 e. The average Bonchev–Trinajstić information content (AvgIpc) is 2.73. The number of hydrogen-bond acceptors (Lipinski definition) is 4. The Hall–Kier alpha value is -2.22. The molecule has 1 aliphatic rings. The van der Waals surface area contributed by atoms with E-state index in [1.165, 1.54) is 0 Å². The molecule has 1 aliphatic heterocycles. The molecule has 150 valence electrons. The Balaban J connectivity index is 1.78. The number of nitrogens with zero attached hydrogens (tertiary/aromatic N) is 2. The Labute approximate surface area is 167 Å². The first kappa shape index (κ1) is 20.5. The topological polar surface area (TPSA) is 69.7 Å². The number of sulfonamides is 1. The van der Waals surface area contributed by atoms with E-state index >= 15 is 0 Å². The number of carbonyl (C=O) groups is 1. The summed E-state index contributed by atoms with van der Waals surface area (Å²) in [6.45, 7) is 5.48. The third-order valence-corrected chi connectivity index (χ3v) is 6.38. The second kappa shape index (κ2) is 8.43. The van der Waals surface area contributed by atoms with Gasteiger partial charge in [-0.15, -0.1) is 0 Å². The Morgan fingerprint density at radius 3 is 2.43 bits per heavy atom. The fourth-order valence-corrected chi connectivity index (χ4v) is 4.68. The first-order valence-electron chi connectivity index (χ1n) is 9.34. The number of nitrogens with one attached hydrogen (secondary N) is 1. The van der Waals surface area contributed by atoms with Crippen molar-refractivity contribution in [1.82, 2.24) is 14.5 Å². The minimum absolute atomic E-state index is 0.000963. The SMILES string of the molecule is Cc1ccc(S(=O)(=O)N[C@@H]2CN(C)CC(=O)N(Cc3cccc(C)c3)C2)cc1. The molecular weight excluding hydrogens is 374 g/mol. The van der Waals surface area contributed by atoms with E-state index in [0.29, 0.717) is 19.6 Å². The van der Waals surface area contributed by atoms with Gasteiger partial charge in [0.05, 0.1) is 17.5 Å². The van der Waals surface area contributed by atoms with Crippen LogP contribution >= 0.6 is 0 Å². The van der Waals surface area contributed by atoms with Crippen LogP contribution in [0.2, 0.25) is 0 Å². The van der Waals surface area contributed by atoms with Crippen LogP contribution in [-0.2, 0) is 21.4 Å². The monoisotopic (exact) mass is 401 g/mol. The van der Waals surface area contributed by atoms with Gasteiger partial charge in [0, 0.05) is 19.6 Å². The molecule has 1 saturated heterocycles. The molecule has 2 aromatic carbocycles. The third kappa shape index (κ3) is 5.19. The molecular formula is C21H27N3O3S. The van der Waals surface area contributed by atoms with Crippen molar-refractivity contribution in [1.29, 1.82) is 0 Å². The minimum atomic E-state index is -3.65. The standard InChI is InChI=1S/C21H27N3O3S/c1-16-7-9-20(10-8-16)28(26,27)22-19-13-23(3)15-21(25)24(14-19)12-18-6-4-5-17(2)11-18/h4-11,19,22H,12-15H2,1-3H3/t19-/m1/s1. The Morgan fingerprint density at radius 2 is 1.75 bits per heavy atom. The second-order valence-electron chi connectivity index (χ2n) is 7.59. The van der Waals surface area contributed by atoms with Gasteiger partial charge in [0.15, 0.2) is 0 Å². The zero-order chi connectivity index (χ0) is 20.3. The predicted molar refractivity (Wildman–Crippen MR) is 109 cm³/mol. The molecule has 0 unspecified atom stereocenters.